The molecule has 3 N–H and O–H groups in total. The monoisotopic (exact) mass is 258 g/mol. The molecule has 0 aliphatic heterocycles. The molecule has 1 amide bonds. The van der Waals surface area contributed by atoms with Crippen molar-refractivity contribution in [3.63, 3.8) is 0 Å². The maximum atomic E-state index is 12.0. The van der Waals surface area contributed by atoms with E-state index >= 15 is 0 Å². The third-order valence-electron chi connectivity index (χ3n) is 2.74. The Hall–Kier alpha value is -2.56. The molecule has 0 spiro atoms. The maximum absolute atomic E-state index is 12.0. The zero-order chi connectivity index (χ0) is 13.8. The van der Waals surface area contributed by atoms with Gasteiger partial charge in [0.25, 0.3) is 11.5 Å². The van der Waals surface area contributed by atoms with E-state index in [4.69, 9.17) is 0 Å². The first-order valence-electron chi connectivity index (χ1n) is 5.85. The van der Waals surface area contributed by atoms with Crippen LogP contribution < -0.4 is 10.9 Å². The highest BCUT2D eigenvalue weighted by Crippen LogP contribution is 2.12. The van der Waals surface area contributed by atoms with Crippen molar-refractivity contribution in [3.05, 3.63) is 63.9 Å². The molecule has 19 heavy (non-hydrogen) atoms. The number of aromatic hydroxyl groups is 1. The number of rotatable bonds is 3. The largest absolute Gasteiger partial charge is 0.494 e. The van der Waals surface area contributed by atoms with Crippen LogP contribution in [0.25, 0.3) is 0 Å². The molecule has 1 heterocycles. The van der Waals surface area contributed by atoms with Gasteiger partial charge in [0.05, 0.1) is 11.6 Å². The Bertz CT molecular complexity index is 635. The summed E-state index contributed by atoms with van der Waals surface area (Å²) in [5.41, 5.74) is 0.575. The molecule has 98 valence electrons. The summed E-state index contributed by atoms with van der Waals surface area (Å²) in [6, 6.07) is 11.7. The number of carbonyl (C=O) groups is 1. The molecule has 0 fully saturated rings. The minimum absolute atomic E-state index is 0.129. The molecule has 0 radical (unpaired) electrons. The number of amides is 1. The fourth-order valence-electron chi connectivity index (χ4n) is 1.76. The Morgan fingerprint density at radius 3 is 2.58 bits per heavy atom. The lowest BCUT2D eigenvalue weighted by Gasteiger charge is -2.14. The Balaban J connectivity index is 2.15. The molecule has 2 rings (SSSR count). The van der Waals surface area contributed by atoms with Crippen molar-refractivity contribution in [2.24, 2.45) is 0 Å². The fourth-order valence-corrected chi connectivity index (χ4v) is 1.76. The highest BCUT2D eigenvalue weighted by Gasteiger charge is 2.12. The molecule has 1 atom stereocenters. The van der Waals surface area contributed by atoms with Crippen LogP contribution in [0.3, 0.4) is 0 Å². The number of hydrogen-bond acceptors (Lipinski definition) is 3. The first-order valence-corrected chi connectivity index (χ1v) is 5.85. The van der Waals surface area contributed by atoms with Crippen LogP contribution in [0.4, 0.5) is 0 Å². The fraction of sp³-hybridized carbons (Fsp3) is 0.143. The lowest BCUT2D eigenvalue weighted by atomic mass is 10.1. The molecule has 1 aromatic heterocycles. The van der Waals surface area contributed by atoms with E-state index in [1.807, 2.05) is 37.3 Å². The quantitative estimate of drug-likeness (QED) is 0.781. The summed E-state index contributed by atoms with van der Waals surface area (Å²) >= 11 is 0. The van der Waals surface area contributed by atoms with Gasteiger partial charge in [0.1, 0.15) is 0 Å². The minimum atomic E-state index is -0.516. The van der Waals surface area contributed by atoms with E-state index in [0.29, 0.717) is 0 Å². The van der Waals surface area contributed by atoms with Gasteiger partial charge in [-0.25, -0.2) is 0 Å². The Morgan fingerprint density at radius 2 is 1.95 bits per heavy atom. The molecule has 0 saturated carbocycles. The van der Waals surface area contributed by atoms with E-state index in [2.05, 4.69) is 10.3 Å². The summed E-state index contributed by atoms with van der Waals surface area (Å²) < 4.78 is 0. The highest BCUT2D eigenvalue weighted by molar-refractivity contribution is 5.94. The van der Waals surface area contributed by atoms with Crippen LogP contribution >= 0.6 is 0 Å². The van der Waals surface area contributed by atoms with Gasteiger partial charge in [-0.2, -0.15) is 0 Å². The molecule has 2 aromatic rings. The SMILES string of the molecule is CC(NC(=O)c1cc(O)[nH]c(=O)c1)c1ccccc1. The summed E-state index contributed by atoms with van der Waals surface area (Å²) in [7, 11) is 0. The van der Waals surface area contributed by atoms with E-state index in [1.54, 1.807) is 0 Å². The second-order valence-corrected chi connectivity index (χ2v) is 4.22. The van der Waals surface area contributed by atoms with E-state index in [9.17, 15) is 14.7 Å². The molecule has 5 nitrogen and oxygen atoms in total. The number of carbonyl (C=O) groups excluding carboxylic acids is 1. The standard InChI is InChI=1S/C14H14N2O3/c1-9(10-5-3-2-4-6-10)15-14(19)11-7-12(17)16-13(18)8-11/h2-9H,1H3,(H,15,19)(H2,16,17,18). The van der Waals surface area contributed by atoms with Gasteiger partial charge in [-0.05, 0) is 12.5 Å². The van der Waals surface area contributed by atoms with E-state index in [-0.39, 0.29) is 17.5 Å². The highest BCUT2D eigenvalue weighted by atomic mass is 16.3. The van der Waals surface area contributed by atoms with Gasteiger partial charge >= 0.3 is 0 Å². The van der Waals surface area contributed by atoms with Crippen molar-refractivity contribution in [2.75, 3.05) is 0 Å². The van der Waals surface area contributed by atoms with Crippen molar-refractivity contribution >= 4 is 5.91 Å². The van der Waals surface area contributed by atoms with Crippen LogP contribution in [0.15, 0.2) is 47.3 Å². The topological polar surface area (TPSA) is 82.2 Å². The number of aromatic nitrogens is 1. The third kappa shape index (κ3) is 3.22. The van der Waals surface area contributed by atoms with Crippen LogP contribution in [0.5, 0.6) is 5.88 Å². The molecule has 5 heteroatoms. The Kier molecular flexibility index (Phi) is 3.66. The minimum Gasteiger partial charge on any atom is -0.494 e. The molecule has 1 unspecified atom stereocenters. The molecule has 1 aromatic carbocycles. The van der Waals surface area contributed by atoms with Gasteiger partial charge in [-0.15, -0.1) is 0 Å². The van der Waals surface area contributed by atoms with Crippen LogP contribution in [0.1, 0.15) is 28.9 Å². The van der Waals surface area contributed by atoms with Crippen LogP contribution in [-0.4, -0.2) is 16.0 Å². The predicted molar refractivity (Wildman–Crippen MR) is 71.1 cm³/mol. The number of H-pyrrole nitrogens is 1. The third-order valence-corrected chi connectivity index (χ3v) is 2.74. The smallest absolute Gasteiger partial charge is 0.252 e. The zero-order valence-electron chi connectivity index (χ0n) is 10.4. The summed E-state index contributed by atoms with van der Waals surface area (Å²) in [4.78, 5) is 25.3. The number of benzene rings is 1. The number of nitrogens with one attached hydrogen (secondary N) is 2. The van der Waals surface area contributed by atoms with Gasteiger partial charge < -0.3 is 10.4 Å². The maximum Gasteiger partial charge on any atom is 0.252 e. The van der Waals surface area contributed by atoms with Gasteiger partial charge in [-0.3, -0.25) is 14.6 Å². The van der Waals surface area contributed by atoms with E-state index in [1.165, 1.54) is 6.07 Å². The average Bonchev–Trinajstić information content (AvgIpc) is 2.38. The van der Waals surface area contributed by atoms with E-state index in [0.717, 1.165) is 11.6 Å². The van der Waals surface area contributed by atoms with Gasteiger partial charge in [0, 0.05) is 12.1 Å². The van der Waals surface area contributed by atoms with Crippen LogP contribution in [-0.2, 0) is 0 Å². The molecular weight excluding hydrogens is 244 g/mol. The second kappa shape index (κ2) is 5.39. The van der Waals surface area contributed by atoms with Crippen molar-refractivity contribution in [3.8, 4) is 5.88 Å². The Morgan fingerprint density at radius 1 is 1.26 bits per heavy atom. The van der Waals surface area contributed by atoms with Gasteiger partial charge in [0.15, 0.2) is 5.88 Å². The van der Waals surface area contributed by atoms with Crippen molar-refractivity contribution in [1.82, 2.24) is 10.3 Å². The first-order chi connectivity index (χ1) is 9.06. The van der Waals surface area contributed by atoms with Gasteiger partial charge in [-0.1, -0.05) is 30.3 Å². The molecule has 0 saturated heterocycles. The van der Waals surface area contributed by atoms with Crippen molar-refractivity contribution in [2.45, 2.75) is 13.0 Å². The van der Waals surface area contributed by atoms with Crippen LogP contribution in [0, 0.1) is 0 Å². The lowest BCUT2D eigenvalue weighted by Crippen LogP contribution is -2.27. The van der Waals surface area contributed by atoms with Gasteiger partial charge in [0.2, 0.25) is 0 Å². The first kappa shape index (κ1) is 12.9. The summed E-state index contributed by atoms with van der Waals surface area (Å²) in [5, 5.41) is 12.0. The Labute approximate surface area is 109 Å². The molecule has 0 aliphatic carbocycles. The second-order valence-electron chi connectivity index (χ2n) is 4.22. The zero-order valence-corrected chi connectivity index (χ0v) is 10.4. The lowest BCUT2D eigenvalue weighted by molar-refractivity contribution is 0.0939. The average molecular weight is 258 g/mol. The van der Waals surface area contributed by atoms with Crippen molar-refractivity contribution in [1.29, 1.82) is 0 Å². The van der Waals surface area contributed by atoms with Crippen LogP contribution in [0.2, 0.25) is 0 Å². The number of pyridine rings is 1. The molecule has 0 aliphatic rings. The summed E-state index contributed by atoms with van der Waals surface area (Å²) in [6.07, 6.45) is 0. The summed E-state index contributed by atoms with van der Waals surface area (Å²) in [6.45, 7) is 1.85. The normalized spacial score (nSPS) is 11.8. The number of hydrogen-bond donors (Lipinski definition) is 3. The van der Waals surface area contributed by atoms with E-state index < -0.39 is 11.5 Å². The summed E-state index contributed by atoms with van der Waals surface area (Å²) in [5.74, 6) is -0.734. The predicted octanol–water partition coefficient (Wildman–Crippen LogP) is 1.57. The molecular formula is C14H14N2O3. The number of aromatic amines is 1. The van der Waals surface area contributed by atoms with Crippen molar-refractivity contribution < 1.29 is 9.90 Å². The molecule has 0 bridgehead atoms.